The molecule has 160 valence electrons. The number of nitrogens with zero attached hydrogens (tertiary/aromatic N) is 5. The van der Waals surface area contributed by atoms with Crippen molar-refractivity contribution in [1.82, 2.24) is 24.1 Å². The molecule has 0 aliphatic heterocycles. The average Bonchev–Trinajstić information content (AvgIpc) is 3.16. The van der Waals surface area contributed by atoms with Gasteiger partial charge < -0.3 is 4.90 Å². The van der Waals surface area contributed by atoms with E-state index in [9.17, 15) is 9.59 Å². The first-order valence-corrected chi connectivity index (χ1v) is 11.3. The third-order valence-corrected chi connectivity index (χ3v) is 6.05. The summed E-state index contributed by atoms with van der Waals surface area (Å²) >= 11 is 1.34. The zero-order chi connectivity index (χ0) is 22.1. The van der Waals surface area contributed by atoms with Gasteiger partial charge in [-0.3, -0.25) is 14.0 Å². The van der Waals surface area contributed by atoms with Crippen LogP contribution in [0, 0.1) is 0 Å². The van der Waals surface area contributed by atoms with Crippen LogP contribution in [0.5, 0.6) is 0 Å². The van der Waals surface area contributed by atoms with E-state index in [2.05, 4.69) is 10.2 Å². The van der Waals surface area contributed by atoms with Gasteiger partial charge in [-0.05, 0) is 52.0 Å². The number of hydrogen-bond donors (Lipinski definition) is 0. The summed E-state index contributed by atoms with van der Waals surface area (Å²) < 4.78 is 3.42. The van der Waals surface area contributed by atoms with Gasteiger partial charge in [0.15, 0.2) is 5.16 Å². The largest absolute Gasteiger partial charge is 0.337 e. The predicted octanol–water partition coefficient (Wildman–Crippen LogP) is 3.77. The molecule has 0 aliphatic rings. The summed E-state index contributed by atoms with van der Waals surface area (Å²) in [6.45, 7) is 8.06. The van der Waals surface area contributed by atoms with Crippen LogP contribution in [-0.2, 0) is 4.79 Å². The summed E-state index contributed by atoms with van der Waals surface area (Å²) in [5.41, 5.74) is 1.29. The number of carbonyl (C=O) groups is 1. The highest BCUT2D eigenvalue weighted by molar-refractivity contribution is 7.99. The molecule has 1 amide bonds. The van der Waals surface area contributed by atoms with Crippen molar-refractivity contribution in [1.29, 1.82) is 0 Å². The number of benzene rings is 2. The Labute approximate surface area is 184 Å². The molecule has 31 heavy (non-hydrogen) atoms. The highest BCUT2D eigenvalue weighted by Gasteiger charge is 2.22. The molecular weight excluding hydrogens is 410 g/mol. The van der Waals surface area contributed by atoms with Gasteiger partial charge in [0.25, 0.3) is 5.56 Å². The molecule has 0 spiro atoms. The first-order chi connectivity index (χ1) is 14.9. The van der Waals surface area contributed by atoms with E-state index >= 15 is 0 Å². The average molecular weight is 436 g/mol. The second kappa shape index (κ2) is 8.55. The van der Waals surface area contributed by atoms with Crippen LogP contribution in [0.2, 0.25) is 0 Å². The number of thioether (sulfide) groups is 1. The standard InChI is InChI=1S/C23H25N5O2S/c1-15(2)26(16(3)4)20(29)14-31-23-25-24-22-27(17-10-6-5-7-11-17)21(30)18-12-8-9-13-19(18)28(22)23/h5-13,15-16H,14H2,1-4H3. The van der Waals surface area contributed by atoms with E-state index in [4.69, 9.17) is 0 Å². The molecule has 2 heterocycles. The molecule has 0 saturated carbocycles. The highest BCUT2D eigenvalue weighted by Crippen LogP contribution is 2.24. The molecule has 0 bridgehead atoms. The van der Waals surface area contributed by atoms with Gasteiger partial charge in [0.05, 0.1) is 22.3 Å². The van der Waals surface area contributed by atoms with Gasteiger partial charge in [-0.15, -0.1) is 10.2 Å². The Kier molecular flexibility index (Phi) is 5.82. The van der Waals surface area contributed by atoms with Crippen molar-refractivity contribution in [3.8, 4) is 5.69 Å². The van der Waals surface area contributed by atoms with E-state index in [-0.39, 0.29) is 29.3 Å². The summed E-state index contributed by atoms with van der Waals surface area (Å²) in [6, 6.07) is 17.0. The molecule has 0 unspecified atom stereocenters. The SMILES string of the molecule is CC(C)N(C(=O)CSc1nnc2n(-c3ccccc3)c(=O)c3ccccc3n12)C(C)C. The monoisotopic (exact) mass is 435 g/mol. The summed E-state index contributed by atoms with van der Waals surface area (Å²) in [4.78, 5) is 28.0. The summed E-state index contributed by atoms with van der Waals surface area (Å²) in [5, 5.41) is 9.82. The molecule has 0 N–H and O–H groups in total. The number of aromatic nitrogens is 4. The van der Waals surface area contributed by atoms with Crippen LogP contribution in [0.15, 0.2) is 64.5 Å². The van der Waals surface area contributed by atoms with E-state index in [1.165, 1.54) is 11.8 Å². The van der Waals surface area contributed by atoms with Gasteiger partial charge in [0, 0.05) is 12.1 Å². The van der Waals surface area contributed by atoms with Crippen LogP contribution in [0.1, 0.15) is 27.7 Å². The topological polar surface area (TPSA) is 72.5 Å². The predicted molar refractivity (Wildman–Crippen MR) is 124 cm³/mol. The molecule has 2 aromatic carbocycles. The fourth-order valence-corrected chi connectivity index (χ4v) is 4.76. The third kappa shape index (κ3) is 3.83. The molecule has 0 aliphatic carbocycles. The van der Waals surface area contributed by atoms with Crippen molar-refractivity contribution in [3.63, 3.8) is 0 Å². The van der Waals surface area contributed by atoms with Crippen LogP contribution >= 0.6 is 11.8 Å². The highest BCUT2D eigenvalue weighted by atomic mass is 32.2. The minimum absolute atomic E-state index is 0.0486. The lowest BCUT2D eigenvalue weighted by Crippen LogP contribution is -2.43. The van der Waals surface area contributed by atoms with Gasteiger partial charge in [0.2, 0.25) is 11.7 Å². The Morgan fingerprint density at radius 2 is 1.61 bits per heavy atom. The van der Waals surface area contributed by atoms with Crippen molar-refractivity contribution < 1.29 is 4.79 Å². The van der Waals surface area contributed by atoms with Crippen molar-refractivity contribution >= 4 is 34.3 Å². The van der Waals surface area contributed by atoms with E-state index in [0.29, 0.717) is 22.0 Å². The zero-order valence-electron chi connectivity index (χ0n) is 18.0. The van der Waals surface area contributed by atoms with E-state index in [1.54, 1.807) is 10.6 Å². The minimum Gasteiger partial charge on any atom is -0.337 e. The number of amides is 1. The number of rotatable bonds is 6. The molecule has 0 radical (unpaired) electrons. The van der Waals surface area contributed by atoms with Gasteiger partial charge in [0.1, 0.15) is 0 Å². The van der Waals surface area contributed by atoms with E-state index in [0.717, 1.165) is 5.52 Å². The van der Waals surface area contributed by atoms with Crippen LogP contribution in [-0.4, -0.2) is 47.8 Å². The molecule has 0 fully saturated rings. The first kappa shape index (κ1) is 21.1. The molecular formula is C23H25N5O2S. The van der Waals surface area contributed by atoms with Crippen molar-refractivity contribution in [2.24, 2.45) is 0 Å². The molecule has 4 aromatic rings. The minimum atomic E-state index is -0.153. The van der Waals surface area contributed by atoms with Crippen LogP contribution in [0.4, 0.5) is 0 Å². The second-order valence-corrected chi connectivity index (χ2v) is 8.83. The maximum Gasteiger partial charge on any atom is 0.267 e. The lowest BCUT2D eigenvalue weighted by atomic mass is 10.2. The van der Waals surface area contributed by atoms with Crippen molar-refractivity contribution in [2.45, 2.75) is 44.9 Å². The number of hydrogen-bond acceptors (Lipinski definition) is 5. The van der Waals surface area contributed by atoms with Crippen LogP contribution in [0.3, 0.4) is 0 Å². The maximum absolute atomic E-state index is 13.3. The first-order valence-electron chi connectivity index (χ1n) is 10.3. The smallest absolute Gasteiger partial charge is 0.267 e. The quantitative estimate of drug-likeness (QED) is 0.431. The van der Waals surface area contributed by atoms with Gasteiger partial charge in [-0.2, -0.15) is 0 Å². The van der Waals surface area contributed by atoms with Gasteiger partial charge >= 0.3 is 0 Å². The van der Waals surface area contributed by atoms with E-state index in [1.807, 2.05) is 85.5 Å². The fraction of sp³-hybridized carbons (Fsp3) is 0.304. The molecule has 8 heteroatoms. The Bertz CT molecular complexity index is 1290. The fourth-order valence-electron chi connectivity index (χ4n) is 3.96. The lowest BCUT2D eigenvalue weighted by molar-refractivity contribution is -0.131. The molecule has 4 rings (SSSR count). The van der Waals surface area contributed by atoms with Gasteiger partial charge in [-0.1, -0.05) is 42.1 Å². The molecule has 2 aromatic heterocycles. The second-order valence-electron chi connectivity index (χ2n) is 7.89. The number of para-hydroxylation sites is 2. The molecule has 0 atom stereocenters. The summed E-state index contributed by atoms with van der Waals surface area (Å²) in [5.74, 6) is 0.720. The van der Waals surface area contributed by atoms with Gasteiger partial charge in [-0.25, -0.2) is 4.57 Å². The normalized spacial score (nSPS) is 11.7. The Balaban J connectivity index is 1.83. The Morgan fingerprint density at radius 1 is 0.968 bits per heavy atom. The third-order valence-electron chi connectivity index (χ3n) is 5.13. The summed E-state index contributed by atoms with van der Waals surface area (Å²) in [7, 11) is 0. The van der Waals surface area contributed by atoms with Crippen LogP contribution < -0.4 is 5.56 Å². The Morgan fingerprint density at radius 3 is 2.29 bits per heavy atom. The number of fused-ring (bicyclic) bond motifs is 3. The number of carbonyl (C=O) groups excluding carboxylic acids is 1. The molecule has 7 nitrogen and oxygen atoms in total. The van der Waals surface area contributed by atoms with Crippen molar-refractivity contribution in [2.75, 3.05) is 5.75 Å². The molecule has 0 saturated heterocycles. The zero-order valence-corrected chi connectivity index (χ0v) is 18.8. The van der Waals surface area contributed by atoms with Crippen LogP contribution in [0.25, 0.3) is 22.4 Å². The van der Waals surface area contributed by atoms with E-state index < -0.39 is 0 Å². The maximum atomic E-state index is 13.3. The summed E-state index contributed by atoms with van der Waals surface area (Å²) in [6.07, 6.45) is 0. The lowest BCUT2D eigenvalue weighted by Gasteiger charge is -2.30. The van der Waals surface area contributed by atoms with Crippen molar-refractivity contribution in [3.05, 3.63) is 65.0 Å². The Hall–Kier alpha value is -3.13.